The fourth-order valence-electron chi connectivity index (χ4n) is 3.21. The molecule has 0 saturated heterocycles. The molecule has 0 aromatic heterocycles. The lowest BCUT2D eigenvalue weighted by atomic mass is 10.1. The minimum Gasteiger partial charge on any atom is -0.494 e. The average Bonchev–Trinajstić information content (AvgIpc) is 2.81. The first-order chi connectivity index (χ1) is 16.1. The highest BCUT2D eigenvalue weighted by molar-refractivity contribution is 5.69. The third kappa shape index (κ3) is 17.3. The van der Waals surface area contributed by atoms with Gasteiger partial charge < -0.3 is 28.6 Å². The Bertz CT molecular complexity index is 579. The van der Waals surface area contributed by atoms with Crippen LogP contribution < -0.4 is 9.64 Å². The van der Waals surface area contributed by atoms with Crippen molar-refractivity contribution in [2.24, 2.45) is 0 Å². The van der Waals surface area contributed by atoms with Gasteiger partial charge in [0.1, 0.15) is 12.4 Å². The quantitative estimate of drug-likeness (QED) is 0.178. The topological polar surface area (TPSA) is 66.5 Å². The molecule has 0 radical (unpaired) electrons. The molecule has 0 atom stereocenters. The largest absolute Gasteiger partial charge is 0.494 e. The Balaban J connectivity index is 1.80. The Morgan fingerprint density at radius 2 is 1.24 bits per heavy atom. The molecule has 7 nitrogen and oxygen atoms in total. The minimum absolute atomic E-state index is 0.133. The summed E-state index contributed by atoms with van der Waals surface area (Å²) in [4.78, 5) is 13.8. The normalized spacial score (nSPS) is 10.9. The molecule has 7 heteroatoms. The summed E-state index contributed by atoms with van der Waals surface area (Å²) in [6.07, 6.45) is 9.64. The monoisotopic (exact) mass is 467 g/mol. The summed E-state index contributed by atoms with van der Waals surface area (Å²) in [5, 5.41) is 0. The number of carbonyl (C=O) groups excluding carboxylic acids is 1. The van der Waals surface area contributed by atoms with Crippen molar-refractivity contribution in [3.8, 4) is 5.75 Å². The first-order valence-electron chi connectivity index (χ1n) is 12.3. The van der Waals surface area contributed by atoms with Gasteiger partial charge in [0.2, 0.25) is 0 Å². The van der Waals surface area contributed by atoms with Crippen LogP contribution in [0.3, 0.4) is 0 Å². The molecule has 1 aromatic carbocycles. The third-order valence-electron chi connectivity index (χ3n) is 5.19. The van der Waals surface area contributed by atoms with Crippen molar-refractivity contribution >= 4 is 11.7 Å². The van der Waals surface area contributed by atoms with Crippen molar-refractivity contribution in [1.29, 1.82) is 0 Å². The first-order valence-corrected chi connectivity index (χ1v) is 12.3. The van der Waals surface area contributed by atoms with E-state index in [1.807, 2.05) is 26.2 Å². The summed E-state index contributed by atoms with van der Waals surface area (Å²) in [5.74, 6) is 0.807. The molecular weight excluding hydrogens is 422 g/mol. The van der Waals surface area contributed by atoms with Gasteiger partial charge in [-0.25, -0.2) is 0 Å². The molecule has 0 saturated carbocycles. The summed E-state index contributed by atoms with van der Waals surface area (Å²) in [6.45, 7) is 3.67. The number of anilines is 1. The van der Waals surface area contributed by atoms with E-state index in [0.717, 1.165) is 31.6 Å². The van der Waals surface area contributed by atoms with Crippen molar-refractivity contribution in [3.05, 3.63) is 24.3 Å². The molecule has 1 rings (SSSR count). The number of rotatable bonds is 22. The molecule has 0 heterocycles. The number of hydrogen-bond donors (Lipinski definition) is 0. The predicted octanol–water partition coefficient (Wildman–Crippen LogP) is 4.87. The molecule has 1 aromatic rings. The Hall–Kier alpha value is -1.83. The van der Waals surface area contributed by atoms with Crippen molar-refractivity contribution < 1.29 is 28.5 Å². The van der Waals surface area contributed by atoms with Gasteiger partial charge in [-0.15, -0.1) is 0 Å². The Morgan fingerprint density at radius 1 is 0.697 bits per heavy atom. The number of methoxy groups -OCH3 is 1. The van der Waals surface area contributed by atoms with Crippen LogP contribution in [0, 0.1) is 0 Å². The Labute approximate surface area is 200 Å². The molecule has 0 fully saturated rings. The second-order valence-electron chi connectivity index (χ2n) is 8.25. The summed E-state index contributed by atoms with van der Waals surface area (Å²) >= 11 is 0. The number of unbranched alkanes of at least 4 members (excludes halogenated alkanes) is 7. The van der Waals surface area contributed by atoms with E-state index in [1.54, 1.807) is 7.11 Å². The summed E-state index contributed by atoms with van der Waals surface area (Å²) < 4.78 is 26.5. The van der Waals surface area contributed by atoms with E-state index in [4.69, 9.17) is 23.7 Å². The van der Waals surface area contributed by atoms with Gasteiger partial charge in [0.25, 0.3) is 0 Å². The zero-order valence-corrected chi connectivity index (χ0v) is 21.0. The van der Waals surface area contributed by atoms with Crippen LogP contribution in [0.4, 0.5) is 5.69 Å². The molecule has 190 valence electrons. The van der Waals surface area contributed by atoms with Gasteiger partial charge in [-0.05, 0) is 37.1 Å². The van der Waals surface area contributed by atoms with E-state index in [1.165, 1.54) is 37.8 Å². The highest BCUT2D eigenvalue weighted by atomic mass is 16.6. The number of nitrogens with zero attached hydrogens (tertiary/aromatic N) is 1. The second-order valence-corrected chi connectivity index (χ2v) is 8.25. The zero-order valence-electron chi connectivity index (χ0n) is 21.0. The number of ether oxygens (including phenoxy) is 5. The van der Waals surface area contributed by atoms with Crippen molar-refractivity contribution in [1.82, 2.24) is 0 Å². The van der Waals surface area contributed by atoms with Gasteiger partial charge in [-0.3, -0.25) is 4.79 Å². The lowest BCUT2D eigenvalue weighted by Gasteiger charge is -2.13. The van der Waals surface area contributed by atoms with Gasteiger partial charge in [0.05, 0.1) is 39.6 Å². The maximum atomic E-state index is 11.7. The van der Waals surface area contributed by atoms with Gasteiger partial charge >= 0.3 is 5.97 Å². The average molecular weight is 468 g/mol. The van der Waals surface area contributed by atoms with Gasteiger partial charge in [0.15, 0.2) is 0 Å². The van der Waals surface area contributed by atoms with Crippen LogP contribution in [0.1, 0.15) is 57.8 Å². The van der Waals surface area contributed by atoms with Crippen LogP contribution in [-0.2, 0) is 23.7 Å². The van der Waals surface area contributed by atoms with E-state index in [9.17, 15) is 4.79 Å². The molecule has 0 unspecified atom stereocenters. The second kappa shape index (κ2) is 20.8. The number of esters is 1. The maximum Gasteiger partial charge on any atom is 0.305 e. The molecule has 33 heavy (non-hydrogen) atoms. The number of hydrogen-bond acceptors (Lipinski definition) is 7. The third-order valence-corrected chi connectivity index (χ3v) is 5.19. The molecule has 0 spiro atoms. The highest BCUT2D eigenvalue weighted by Crippen LogP contribution is 2.18. The SMILES string of the molecule is COCCOCCOCCOC(=O)CCCCCCCCCCOc1ccc(N(C)C)cc1. The predicted molar refractivity (Wildman–Crippen MR) is 132 cm³/mol. The molecule has 0 N–H and O–H groups in total. The number of carbonyl (C=O) groups is 1. The molecule has 0 aliphatic heterocycles. The van der Waals surface area contributed by atoms with Crippen molar-refractivity contribution in [2.45, 2.75) is 57.8 Å². The van der Waals surface area contributed by atoms with E-state index < -0.39 is 0 Å². The lowest BCUT2D eigenvalue weighted by Crippen LogP contribution is -2.13. The highest BCUT2D eigenvalue weighted by Gasteiger charge is 2.03. The smallest absolute Gasteiger partial charge is 0.305 e. The fourth-order valence-corrected chi connectivity index (χ4v) is 3.21. The van der Waals surface area contributed by atoms with E-state index in [2.05, 4.69) is 17.0 Å². The van der Waals surface area contributed by atoms with Crippen LogP contribution in [0.5, 0.6) is 5.75 Å². The van der Waals surface area contributed by atoms with E-state index in [-0.39, 0.29) is 5.97 Å². The van der Waals surface area contributed by atoms with E-state index in [0.29, 0.717) is 46.1 Å². The summed E-state index contributed by atoms with van der Waals surface area (Å²) in [7, 11) is 5.71. The maximum absolute atomic E-state index is 11.7. The molecule has 0 aliphatic rings. The molecular formula is C26H45NO6. The van der Waals surface area contributed by atoms with Crippen LogP contribution in [0.2, 0.25) is 0 Å². The van der Waals surface area contributed by atoms with Crippen LogP contribution in [-0.4, -0.2) is 73.4 Å². The van der Waals surface area contributed by atoms with Crippen LogP contribution >= 0.6 is 0 Å². The van der Waals surface area contributed by atoms with Crippen LogP contribution in [0.15, 0.2) is 24.3 Å². The summed E-state index contributed by atoms with van der Waals surface area (Å²) in [6, 6.07) is 8.21. The molecule has 0 amide bonds. The van der Waals surface area contributed by atoms with Gasteiger partial charge in [-0.1, -0.05) is 38.5 Å². The molecule has 0 bridgehead atoms. The summed E-state index contributed by atoms with van der Waals surface area (Å²) in [5.41, 5.74) is 1.18. The van der Waals surface area contributed by atoms with Gasteiger partial charge in [0, 0.05) is 33.3 Å². The standard InChI is InChI=1S/C26H45NO6/c1-27(2)24-13-15-25(16-14-24)32-17-11-9-7-5-4-6-8-10-12-26(28)33-23-22-31-21-20-30-19-18-29-3/h13-16H,4-12,17-23H2,1-3H3. The van der Waals surface area contributed by atoms with Crippen molar-refractivity contribution in [3.63, 3.8) is 0 Å². The zero-order chi connectivity index (χ0) is 24.0. The van der Waals surface area contributed by atoms with Crippen molar-refractivity contribution in [2.75, 3.05) is 72.4 Å². The fraction of sp³-hybridized carbons (Fsp3) is 0.731. The van der Waals surface area contributed by atoms with Crippen LogP contribution in [0.25, 0.3) is 0 Å². The van der Waals surface area contributed by atoms with E-state index >= 15 is 0 Å². The lowest BCUT2D eigenvalue weighted by molar-refractivity contribution is -0.145. The number of benzene rings is 1. The molecule has 0 aliphatic carbocycles. The first kappa shape index (κ1) is 29.2. The minimum atomic E-state index is -0.133. The Morgan fingerprint density at radius 3 is 1.85 bits per heavy atom. The van der Waals surface area contributed by atoms with Gasteiger partial charge in [-0.2, -0.15) is 0 Å². The Kier molecular flexibility index (Phi) is 18.4.